The van der Waals surface area contributed by atoms with Crippen LogP contribution >= 0.6 is 0 Å². The lowest BCUT2D eigenvalue weighted by Gasteiger charge is -2.31. The van der Waals surface area contributed by atoms with Gasteiger partial charge < -0.3 is 15.8 Å². The summed E-state index contributed by atoms with van der Waals surface area (Å²) in [7, 11) is 0. The Balaban J connectivity index is 2.40. The number of para-hydroxylation sites is 1. The number of carbonyl (C=O) groups excluding carboxylic acids is 1. The van der Waals surface area contributed by atoms with Gasteiger partial charge in [-0.1, -0.05) is 23.4 Å². The number of nitrogens with zero attached hydrogens (tertiary/aromatic N) is 2. The highest BCUT2D eigenvalue weighted by Crippen LogP contribution is 2.30. The molecule has 1 amide bonds. The molecule has 1 aliphatic rings. The summed E-state index contributed by atoms with van der Waals surface area (Å²) >= 11 is 0. The Morgan fingerprint density at radius 1 is 1.35 bits per heavy atom. The number of hydrogen-bond acceptors (Lipinski definition) is 3. The van der Waals surface area contributed by atoms with Gasteiger partial charge in [0.15, 0.2) is 5.84 Å². The molecule has 5 heteroatoms. The van der Waals surface area contributed by atoms with Gasteiger partial charge in [-0.3, -0.25) is 4.79 Å². The van der Waals surface area contributed by atoms with Crippen molar-refractivity contribution >= 4 is 17.4 Å². The second kappa shape index (κ2) is 5.53. The standard InChI is InChI=1S/C15H21N3O2/c1-15(2,13(16)17-20)14(19)18-10-6-5-8-11-7-3-4-9-12(11)18/h3-4,7,9,20H,5-6,8,10H2,1-2H3,(H2,16,17). The van der Waals surface area contributed by atoms with E-state index in [0.717, 1.165) is 24.9 Å². The van der Waals surface area contributed by atoms with Crippen LogP contribution in [0.25, 0.3) is 0 Å². The highest BCUT2D eigenvalue weighted by molar-refractivity contribution is 6.12. The number of anilines is 1. The van der Waals surface area contributed by atoms with E-state index in [0.29, 0.717) is 6.54 Å². The third-order valence-corrected chi connectivity index (χ3v) is 3.89. The molecule has 0 bridgehead atoms. The Kier molecular flexibility index (Phi) is 3.97. The van der Waals surface area contributed by atoms with Crippen molar-refractivity contribution in [3.8, 4) is 0 Å². The monoisotopic (exact) mass is 275 g/mol. The van der Waals surface area contributed by atoms with Crippen LogP contribution in [0, 0.1) is 5.41 Å². The van der Waals surface area contributed by atoms with Gasteiger partial charge in [-0.2, -0.15) is 0 Å². The highest BCUT2D eigenvalue weighted by Gasteiger charge is 2.37. The fourth-order valence-electron chi connectivity index (χ4n) is 2.47. The zero-order valence-electron chi connectivity index (χ0n) is 12.0. The van der Waals surface area contributed by atoms with E-state index in [1.54, 1.807) is 18.7 Å². The van der Waals surface area contributed by atoms with E-state index in [2.05, 4.69) is 11.2 Å². The second-order valence-corrected chi connectivity index (χ2v) is 5.65. The number of fused-ring (bicyclic) bond motifs is 1. The van der Waals surface area contributed by atoms with E-state index >= 15 is 0 Å². The Hall–Kier alpha value is -2.04. The summed E-state index contributed by atoms with van der Waals surface area (Å²) in [4.78, 5) is 14.6. The number of rotatable bonds is 2. The first kappa shape index (κ1) is 14.4. The zero-order chi connectivity index (χ0) is 14.8. The molecule has 108 valence electrons. The Labute approximate surface area is 119 Å². The minimum Gasteiger partial charge on any atom is -0.409 e. The average Bonchev–Trinajstić information content (AvgIpc) is 2.67. The molecule has 0 unspecified atom stereocenters. The van der Waals surface area contributed by atoms with Crippen LogP contribution in [-0.2, 0) is 11.2 Å². The van der Waals surface area contributed by atoms with Gasteiger partial charge in [-0.25, -0.2) is 0 Å². The van der Waals surface area contributed by atoms with Gasteiger partial charge >= 0.3 is 0 Å². The third kappa shape index (κ3) is 2.48. The second-order valence-electron chi connectivity index (χ2n) is 5.65. The van der Waals surface area contributed by atoms with Gasteiger partial charge in [0.1, 0.15) is 5.41 Å². The van der Waals surface area contributed by atoms with Crippen molar-refractivity contribution in [1.82, 2.24) is 0 Å². The molecule has 0 saturated carbocycles. The summed E-state index contributed by atoms with van der Waals surface area (Å²) in [6.07, 6.45) is 2.99. The Morgan fingerprint density at radius 3 is 2.75 bits per heavy atom. The molecular formula is C15H21N3O2. The van der Waals surface area contributed by atoms with Gasteiger partial charge in [0.2, 0.25) is 5.91 Å². The third-order valence-electron chi connectivity index (χ3n) is 3.89. The van der Waals surface area contributed by atoms with Crippen molar-refractivity contribution in [2.45, 2.75) is 33.1 Å². The first-order valence-corrected chi connectivity index (χ1v) is 6.86. The van der Waals surface area contributed by atoms with Crippen LogP contribution in [-0.4, -0.2) is 23.5 Å². The smallest absolute Gasteiger partial charge is 0.240 e. The first-order valence-electron chi connectivity index (χ1n) is 6.86. The minimum absolute atomic E-state index is 0.0655. The highest BCUT2D eigenvalue weighted by atomic mass is 16.4. The molecule has 2 rings (SSSR count). The molecule has 0 fully saturated rings. The molecule has 0 aromatic heterocycles. The molecule has 0 aliphatic carbocycles. The van der Waals surface area contributed by atoms with Crippen LogP contribution in [0.15, 0.2) is 29.4 Å². The number of aryl methyl sites for hydroxylation is 1. The number of carbonyl (C=O) groups is 1. The zero-order valence-corrected chi connectivity index (χ0v) is 12.0. The van der Waals surface area contributed by atoms with Crippen molar-refractivity contribution < 1.29 is 10.0 Å². The average molecular weight is 275 g/mol. The molecule has 20 heavy (non-hydrogen) atoms. The van der Waals surface area contributed by atoms with Gasteiger partial charge in [0, 0.05) is 12.2 Å². The maximum Gasteiger partial charge on any atom is 0.240 e. The van der Waals surface area contributed by atoms with Crippen LogP contribution in [0.3, 0.4) is 0 Å². The van der Waals surface area contributed by atoms with Crippen LogP contribution < -0.4 is 10.6 Å². The molecule has 5 nitrogen and oxygen atoms in total. The van der Waals surface area contributed by atoms with Gasteiger partial charge in [-0.15, -0.1) is 0 Å². The molecule has 1 aliphatic heterocycles. The van der Waals surface area contributed by atoms with Crippen molar-refractivity contribution in [3.05, 3.63) is 29.8 Å². The summed E-state index contributed by atoms with van der Waals surface area (Å²) in [6, 6.07) is 7.93. The van der Waals surface area contributed by atoms with Crippen molar-refractivity contribution in [1.29, 1.82) is 0 Å². The van der Waals surface area contributed by atoms with Crippen molar-refractivity contribution in [3.63, 3.8) is 0 Å². The molecule has 0 radical (unpaired) electrons. The maximum absolute atomic E-state index is 12.8. The number of amidine groups is 1. The summed E-state index contributed by atoms with van der Waals surface area (Å²) in [5, 5.41) is 11.9. The fourth-order valence-corrected chi connectivity index (χ4v) is 2.47. The van der Waals surface area contributed by atoms with E-state index in [1.807, 2.05) is 18.2 Å². The van der Waals surface area contributed by atoms with Crippen LogP contribution in [0.4, 0.5) is 5.69 Å². The van der Waals surface area contributed by atoms with Crippen molar-refractivity contribution in [2.24, 2.45) is 16.3 Å². The van der Waals surface area contributed by atoms with E-state index in [9.17, 15) is 4.79 Å². The molecule has 1 aromatic rings. The molecular weight excluding hydrogens is 254 g/mol. The lowest BCUT2D eigenvalue weighted by Crippen LogP contribution is -2.48. The predicted molar refractivity (Wildman–Crippen MR) is 78.9 cm³/mol. The van der Waals surface area contributed by atoms with E-state index in [1.165, 1.54) is 5.56 Å². The molecule has 1 aromatic carbocycles. The number of hydrogen-bond donors (Lipinski definition) is 2. The molecule has 1 heterocycles. The summed E-state index contributed by atoms with van der Waals surface area (Å²) < 4.78 is 0. The Morgan fingerprint density at radius 2 is 2.05 bits per heavy atom. The number of benzene rings is 1. The molecule has 3 N–H and O–H groups in total. The van der Waals surface area contributed by atoms with Gasteiger partial charge in [0.25, 0.3) is 0 Å². The normalized spacial score (nSPS) is 16.5. The summed E-state index contributed by atoms with van der Waals surface area (Å²) in [6.45, 7) is 4.02. The number of oxime groups is 1. The quantitative estimate of drug-likeness (QED) is 0.375. The predicted octanol–water partition coefficient (Wildman–Crippen LogP) is 2.13. The number of nitrogens with two attached hydrogens (primary N) is 1. The maximum atomic E-state index is 12.8. The SMILES string of the molecule is CC(C)(C(=O)N1CCCCc2ccccc21)C(N)=NO. The molecule has 0 spiro atoms. The van der Waals surface area contributed by atoms with E-state index in [4.69, 9.17) is 10.9 Å². The van der Waals surface area contributed by atoms with E-state index in [-0.39, 0.29) is 11.7 Å². The summed E-state index contributed by atoms with van der Waals surface area (Å²) in [5.74, 6) is -0.202. The van der Waals surface area contributed by atoms with Gasteiger partial charge in [0.05, 0.1) is 0 Å². The first-order chi connectivity index (χ1) is 9.48. The minimum atomic E-state index is -1.02. The Bertz CT molecular complexity index is 538. The molecule has 0 saturated heterocycles. The lowest BCUT2D eigenvalue weighted by atomic mass is 9.89. The fraction of sp³-hybridized carbons (Fsp3) is 0.467. The van der Waals surface area contributed by atoms with E-state index < -0.39 is 5.41 Å². The largest absolute Gasteiger partial charge is 0.409 e. The van der Waals surface area contributed by atoms with Gasteiger partial charge in [-0.05, 0) is 44.7 Å². The van der Waals surface area contributed by atoms with Crippen LogP contribution in [0.2, 0.25) is 0 Å². The summed E-state index contributed by atoms with van der Waals surface area (Å²) in [5.41, 5.74) is 6.76. The lowest BCUT2D eigenvalue weighted by molar-refractivity contribution is -0.123. The topological polar surface area (TPSA) is 78.9 Å². The number of amides is 1. The van der Waals surface area contributed by atoms with Crippen LogP contribution in [0.5, 0.6) is 0 Å². The molecule has 0 atom stereocenters. The van der Waals surface area contributed by atoms with Crippen molar-refractivity contribution in [2.75, 3.05) is 11.4 Å². The van der Waals surface area contributed by atoms with Crippen LogP contribution in [0.1, 0.15) is 32.3 Å².